The van der Waals surface area contributed by atoms with Crippen molar-refractivity contribution in [3.63, 3.8) is 0 Å². The zero-order valence-corrected chi connectivity index (χ0v) is 12.9. The van der Waals surface area contributed by atoms with E-state index in [1.54, 1.807) is 7.11 Å². The molecule has 0 radical (unpaired) electrons. The molecule has 1 amide bonds. The van der Waals surface area contributed by atoms with Crippen LogP contribution in [0.4, 0.5) is 5.82 Å². The third-order valence-corrected chi connectivity index (χ3v) is 3.62. The minimum Gasteiger partial charge on any atom is -0.378 e. The first-order chi connectivity index (χ1) is 10.1. The molecule has 2 heterocycles. The van der Waals surface area contributed by atoms with Gasteiger partial charge < -0.3 is 19.4 Å². The molecule has 0 N–H and O–H groups in total. The van der Waals surface area contributed by atoms with Gasteiger partial charge in [0.1, 0.15) is 12.1 Å². The number of methoxy groups -OCH3 is 1. The zero-order chi connectivity index (χ0) is 15.2. The van der Waals surface area contributed by atoms with Crippen LogP contribution < -0.4 is 4.90 Å². The highest BCUT2D eigenvalue weighted by Crippen LogP contribution is 2.10. The maximum absolute atomic E-state index is 12.3. The third-order valence-electron chi connectivity index (χ3n) is 3.62. The van der Waals surface area contributed by atoms with Crippen LogP contribution in [0.25, 0.3) is 0 Å². The molecule has 0 saturated carbocycles. The van der Waals surface area contributed by atoms with Gasteiger partial charge in [-0.1, -0.05) is 0 Å². The van der Waals surface area contributed by atoms with Gasteiger partial charge in [0.25, 0.3) is 0 Å². The van der Waals surface area contributed by atoms with E-state index in [9.17, 15) is 4.79 Å². The summed E-state index contributed by atoms with van der Waals surface area (Å²) in [7, 11) is 5.57. The van der Waals surface area contributed by atoms with Crippen molar-refractivity contribution in [2.75, 3.05) is 58.8 Å². The number of likely N-dealkylation sites (N-methyl/N-ethyl adjacent to an activating group) is 2. The fourth-order valence-electron chi connectivity index (χ4n) is 2.26. The summed E-state index contributed by atoms with van der Waals surface area (Å²) in [5.74, 6) is 0.872. The zero-order valence-electron chi connectivity index (χ0n) is 12.9. The van der Waals surface area contributed by atoms with Crippen molar-refractivity contribution in [2.45, 2.75) is 6.61 Å². The summed E-state index contributed by atoms with van der Waals surface area (Å²) in [6.07, 6.45) is 1.50. The lowest BCUT2D eigenvalue weighted by atomic mass is 10.3. The highest BCUT2D eigenvalue weighted by Gasteiger charge is 2.20. The molecule has 1 saturated heterocycles. The van der Waals surface area contributed by atoms with Crippen molar-refractivity contribution in [2.24, 2.45) is 0 Å². The predicted molar refractivity (Wildman–Crippen MR) is 80.1 cm³/mol. The highest BCUT2D eigenvalue weighted by molar-refractivity contribution is 5.81. The monoisotopic (exact) mass is 293 g/mol. The van der Waals surface area contributed by atoms with Gasteiger partial charge in [-0.25, -0.2) is 9.97 Å². The Kier molecular flexibility index (Phi) is 5.46. The molecule has 1 aromatic rings. The van der Waals surface area contributed by atoms with Gasteiger partial charge in [-0.2, -0.15) is 0 Å². The lowest BCUT2D eigenvalue weighted by molar-refractivity contribution is -0.131. The molecule has 1 aliphatic rings. The van der Waals surface area contributed by atoms with Gasteiger partial charge in [-0.3, -0.25) is 4.79 Å². The van der Waals surface area contributed by atoms with Crippen LogP contribution in [0.5, 0.6) is 0 Å². The van der Waals surface area contributed by atoms with Gasteiger partial charge in [-0.15, -0.1) is 0 Å². The molecule has 7 heteroatoms. The van der Waals surface area contributed by atoms with E-state index in [0.717, 1.165) is 37.7 Å². The molecule has 1 aliphatic heterocycles. The number of carbonyl (C=O) groups is 1. The summed E-state index contributed by atoms with van der Waals surface area (Å²) < 4.78 is 5.06. The molecule has 116 valence electrons. The summed E-state index contributed by atoms with van der Waals surface area (Å²) in [5, 5.41) is 0. The van der Waals surface area contributed by atoms with E-state index >= 15 is 0 Å². The Hall–Kier alpha value is -1.73. The van der Waals surface area contributed by atoms with Crippen LogP contribution >= 0.6 is 0 Å². The van der Waals surface area contributed by atoms with Crippen LogP contribution in [0.3, 0.4) is 0 Å². The van der Waals surface area contributed by atoms with Crippen molar-refractivity contribution in [3.8, 4) is 0 Å². The van der Waals surface area contributed by atoms with E-state index in [1.165, 1.54) is 6.33 Å². The summed E-state index contributed by atoms with van der Waals surface area (Å²) in [6, 6.07) is 1.85. The number of aromatic nitrogens is 2. The van der Waals surface area contributed by atoms with Gasteiger partial charge in [0.2, 0.25) is 5.91 Å². The molecular formula is C14H23N5O2. The summed E-state index contributed by atoms with van der Waals surface area (Å²) in [6.45, 7) is 4.22. The number of amides is 1. The highest BCUT2D eigenvalue weighted by atomic mass is 16.5. The number of nitrogens with zero attached hydrogens (tertiary/aromatic N) is 5. The molecule has 0 aliphatic carbocycles. The molecule has 0 atom stereocenters. The van der Waals surface area contributed by atoms with Crippen LogP contribution in [0, 0.1) is 0 Å². The van der Waals surface area contributed by atoms with Crippen LogP contribution in [0.15, 0.2) is 12.4 Å². The van der Waals surface area contributed by atoms with Crippen LogP contribution in [0.2, 0.25) is 0 Å². The summed E-state index contributed by atoms with van der Waals surface area (Å²) >= 11 is 0. The maximum Gasteiger partial charge on any atom is 0.242 e. The van der Waals surface area contributed by atoms with Crippen molar-refractivity contribution < 1.29 is 9.53 Å². The minimum absolute atomic E-state index is 0.137. The fourth-order valence-corrected chi connectivity index (χ4v) is 2.26. The molecule has 1 aromatic heterocycles. The van der Waals surface area contributed by atoms with Gasteiger partial charge in [0, 0.05) is 46.4 Å². The lowest BCUT2D eigenvalue weighted by Crippen LogP contribution is -2.49. The fraction of sp³-hybridized carbons (Fsp3) is 0.643. The van der Waals surface area contributed by atoms with Crippen molar-refractivity contribution in [1.29, 1.82) is 0 Å². The second-order valence-electron chi connectivity index (χ2n) is 5.34. The van der Waals surface area contributed by atoms with Crippen molar-refractivity contribution in [3.05, 3.63) is 18.1 Å². The Morgan fingerprint density at radius 3 is 2.71 bits per heavy atom. The van der Waals surface area contributed by atoms with Crippen LogP contribution in [-0.2, 0) is 16.1 Å². The Balaban J connectivity index is 1.92. The Morgan fingerprint density at radius 1 is 1.33 bits per heavy atom. The number of anilines is 1. The molecule has 21 heavy (non-hydrogen) atoms. The Morgan fingerprint density at radius 2 is 2.05 bits per heavy atom. The first-order valence-electron chi connectivity index (χ1n) is 7.07. The number of hydrogen-bond acceptors (Lipinski definition) is 6. The van der Waals surface area contributed by atoms with Gasteiger partial charge in [0.15, 0.2) is 0 Å². The van der Waals surface area contributed by atoms with E-state index in [4.69, 9.17) is 4.74 Å². The number of ether oxygens (including phenoxy) is 1. The van der Waals surface area contributed by atoms with Gasteiger partial charge in [0.05, 0.1) is 18.8 Å². The number of hydrogen-bond donors (Lipinski definition) is 0. The quantitative estimate of drug-likeness (QED) is 0.751. The standard InChI is InChI=1S/C14H23N5O2/c1-17-4-6-19(7-5-17)14(20)9-18(2)13-8-12(10-21-3)15-11-16-13/h8,11H,4-7,9-10H2,1-3H3. The number of piperazine rings is 1. The predicted octanol–water partition coefficient (Wildman–Crippen LogP) is -0.167. The average Bonchev–Trinajstić information content (AvgIpc) is 2.48. The van der Waals surface area contributed by atoms with E-state index in [-0.39, 0.29) is 5.91 Å². The molecule has 7 nitrogen and oxygen atoms in total. The van der Waals surface area contributed by atoms with Gasteiger partial charge in [-0.05, 0) is 7.05 Å². The molecule has 0 aromatic carbocycles. The van der Waals surface area contributed by atoms with E-state index < -0.39 is 0 Å². The first kappa shape index (κ1) is 15.7. The van der Waals surface area contributed by atoms with Gasteiger partial charge >= 0.3 is 0 Å². The third kappa shape index (κ3) is 4.37. The SMILES string of the molecule is COCc1cc(N(C)CC(=O)N2CCN(C)CC2)ncn1. The topological polar surface area (TPSA) is 61.8 Å². The lowest BCUT2D eigenvalue weighted by Gasteiger charge is -2.33. The van der Waals surface area contributed by atoms with Crippen LogP contribution in [0.1, 0.15) is 5.69 Å². The first-order valence-corrected chi connectivity index (χ1v) is 7.07. The molecule has 0 unspecified atom stereocenters. The average molecular weight is 293 g/mol. The molecule has 0 bridgehead atoms. The summed E-state index contributed by atoms with van der Waals surface area (Å²) in [5.41, 5.74) is 0.807. The Labute approximate surface area is 125 Å². The van der Waals surface area contributed by atoms with E-state index in [2.05, 4.69) is 21.9 Å². The number of rotatable bonds is 5. The number of carbonyl (C=O) groups excluding carboxylic acids is 1. The molecule has 2 rings (SSSR count). The minimum atomic E-state index is 0.137. The maximum atomic E-state index is 12.3. The van der Waals surface area contributed by atoms with E-state index in [0.29, 0.717) is 13.2 Å². The van der Waals surface area contributed by atoms with Crippen LogP contribution in [-0.4, -0.2) is 79.6 Å². The normalized spacial score (nSPS) is 16.0. The smallest absolute Gasteiger partial charge is 0.242 e. The molecular weight excluding hydrogens is 270 g/mol. The van der Waals surface area contributed by atoms with Crippen molar-refractivity contribution >= 4 is 11.7 Å². The molecule has 0 spiro atoms. The largest absolute Gasteiger partial charge is 0.378 e. The van der Waals surface area contributed by atoms with E-state index in [1.807, 2.05) is 22.9 Å². The van der Waals surface area contributed by atoms with Crippen molar-refractivity contribution in [1.82, 2.24) is 19.8 Å². The Bertz CT molecular complexity index is 474. The second-order valence-corrected chi connectivity index (χ2v) is 5.34. The molecule has 1 fully saturated rings. The summed E-state index contributed by atoms with van der Waals surface area (Å²) in [4.78, 5) is 26.6. The second kappa shape index (κ2) is 7.33.